The zero-order valence-electron chi connectivity index (χ0n) is 43.9. The third-order valence-corrected chi connectivity index (χ3v) is 15.0. The third-order valence-electron chi connectivity index (χ3n) is 13.4. The molecule has 2 saturated heterocycles. The van der Waals surface area contributed by atoms with E-state index < -0.39 is 12.2 Å². The molecule has 406 valence electrons. The molecule has 1 amide bonds. The Bertz CT molecular complexity index is 2740. The van der Waals surface area contributed by atoms with E-state index in [1.807, 2.05) is 72.8 Å². The van der Waals surface area contributed by atoms with Crippen LogP contribution in [0.3, 0.4) is 0 Å². The van der Waals surface area contributed by atoms with Crippen molar-refractivity contribution in [3.05, 3.63) is 129 Å². The number of methoxy groups -OCH3 is 4. The van der Waals surface area contributed by atoms with Gasteiger partial charge in [-0.3, -0.25) is 14.4 Å². The number of benzene rings is 4. The molecule has 76 heavy (non-hydrogen) atoms. The summed E-state index contributed by atoms with van der Waals surface area (Å²) in [4.78, 5) is 35.8. The van der Waals surface area contributed by atoms with E-state index in [1.54, 1.807) is 53.9 Å². The molecule has 10 rings (SSSR count). The topological polar surface area (TPSA) is 153 Å². The van der Waals surface area contributed by atoms with Crippen molar-refractivity contribution in [1.29, 1.82) is 0 Å². The molecule has 16 nitrogen and oxygen atoms in total. The molecule has 2 unspecified atom stereocenters. The summed E-state index contributed by atoms with van der Waals surface area (Å²) in [6.07, 6.45) is 4.97. The Hall–Kier alpha value is -5.86. The number of anilines is 2. The van der Waals surface area contributed by atoms with Crippen molar-refractivity contribution in [2.24, 2.45) is 11.8 Å². The van der Waals surface area contributed by atoms with Crippen molar-refractivity contribution in [3.63, 3.8) is 0 Å². The summed E-state index contributed by atoms with van der Waals surface area (Å²) in [5.74, 6) is 4.98. The van der Waals surface area contributed by atoms with Crippen LogP contribution in [0.1, 0.15) is 59.6 Å². The minimum atomic E-state index is -0.725. The largest absolute Gasteiger partial charge is 0.495 e. The lowest BCUT2D eigenvalue weighted by molar-refractivity contribution is -0.181. The van der Waals surface area contributed by atoms with Gasteiger partial charge in [0, 0.05) is 55.7 Å². The highest BCUT2D eigenvalue weighted by Crippen LogP contribution is 2.41. The van der Waals surface area contributed by atoms with E-state index in [-0.39, 0.29) is 17.5 Å². The summed E-state index contributed by atoms with van der Waals surface area (Å²) in [6, 6.07) is 30.8. The predicted molar refractivity (Wildman–Crippen MR) is 296 cm³/mol. The first kappa shape index (κ1) is 56.3. The first-order valence-electron chi connectivity index (χ1n) is 25.4. The summed E-state index contributed by atoms with van der Waals surface area (Å²) >= 11 is 6.90. The molecule has 2 aliphatic heterocycles. The predicted octanol–water partition coefficient (Wildman–Crippen LogP) is 11.7. The number of ketones is 1. The maximum absolute atomic E-state index is 13.6. The van der Waals surface area contributed by atoms with Crippen LogP contribution < -0.4 is 28.7 Å². The number of furan rings is 2. The number of ether oxygens (including phenoxy) is 8. The van der Waals surface area contributed by atoms with Gasteiger partial charge in [-0.2, -0.15) is 0 Å². The van der Waals surface area contributed by atoms with Crippen molar-refractivity contribution < 1.29 is 61.2 Å². The SMILES string of the molecule is CON(C)C(=O)C(OCC1CC1)c1ccc(N2CCOCC2)cc1.COc1cc(-c2ccc(C(=O)C(OCC3CC3)c3ccc(N4CCOCC4)cc3)o2)cc(OC)c1Br.COc1cc(-c2ccco2)cc(OC)c1Br. The number of hydrogen-bond donors (Lipinski definition) is 0. The Morgan fingerprint density at radius 1 is 0.592 bits per heavy atom. The van der Waals surface area contributed by atoms with Crippen LogP contribution in [-0.4, -0.2) is 125 Å². The number of likely N-dealkylation sites (N-methyl/N-ethyl adjacent to an activating group) is 1. The van der Waals surface area contributed by atoms with E-state index >= 15 is 0 Å². The molecule has 2 saturated carbocycles. The van der Waals surface area contributed by atoms with Gasteiger partial charge in [0.25, 0.3) is 5.91 Å². The van der Waals surface area contributed by atoms with Crippen LogP contribution in [0, 0.1) is 11.8 Å². The number of amides is 1. The van der Waals surface area contributed by atoms with Gasteiger partial charge in [0.15, 0.2) is 11.9 Å². The van der Waals surface area contributed by atoms with Crippen molar-refractivity contribution in [2.75, 3.05) is 118 Å². The minimum absolute atomic E-state index is 0.183. The molecule has 2 atom stereocenters. The second-order valence-corrected chi connectivity index (χ2v) is 20.2. The maximum atomic E-state index is 13.6. The smallest absolute Gasteiger partial charge is 0.279 e. The molecule has 4 heterocycles. The van der Waals surface area contributed by atoms with Crippen LogP contribution in [0.5, 0.6) is 23.0 Å². The van der Waals surface area contributed by atoms with Crippen LogP contribution in [0.2, 0.25) is 0 Å². The monoisotopic (exact) mass is 1170 g/mol. The number of carbonyl (C=O) groups excluding carboxylic acids is 2. The fourth-order valence-corrected chi connectivity index (χ4v) is 9.61. The molecular weight excluding hydrogens is 1110 g/mol. The molecule has 4 fully saturated rings. The van der Waals surface area contributed by atoms with E-state index in [1.165, 1.54) is 25.0 Å². The highest BCUT2D eigenvalue weighted by Gasteiger charge is 2.32. The number of morpholine rings is 2. The fraction of sp³-hybridized carbons (Fsp3) is 0.414. The number of halogens is 2. The number of rotatable bonds is 20. The first-order chi connectivity index (χ1) is 37.0. The van der Waals surface area contributed by atoms with Crippen LogP contribution in [-0.2, 0) is 28.6 Å². The highest BCUT2D eigenvalue weighted by atomic mass is 79.9. The van der Waals surface area contributed by atoms with Gasteiger partial charge in [-0.15, -0.1) is 0 Å². The average molecular weight is 1170 g/mol. The molecule has 2 aliphatic carbocycles. The van der Waals surface area contributed by atoms with E-state index in [9.17, 15) is 9.59 Å². The number of hydrogen-bond acceptors (Lipinski definition) is 15. The molecule has 0 radical (unpaired) electrons. The highest BCUT2D eigenvalue weighted by molar-refractivity contribution is 9.11. The quantitative estimate of drug-likeness (QED) is 0.0526. The summed E-state index contributed by atoms with van der Waals surface area (Å²) in [5.41, 5.74) is 5.62. The second kappa shape index (κ2) is 27.5. The molecule has 4 aromatic carbocycles. The Kier molecular flexibility index (Phi) is 20.4. The third kappa shape index (κ3) is 14.8. The molecule has 0 bridgehead atoms. The Balaban J connectivity index is 0.000000164. The summed E-state index contributed by atoms with van der Waals surface area (Å²) in [7, 11) is 9.51. The first-order valence-corrected chi connectivity index (χ1v) is 27.0. The Morgan fingerprint density at radius 3 is 1.43 bits per heavy atom. The lowest BCUT2D eigenvalue weighted by Gasteiger charge is -2.29. The molecule has 4 aliphatic rings. The van der Waals surface area contributed by atoms with Crippen molar-refractivity contribution in [1.82, 2.24) is 5.06 Å². The molecule has 6 aromatic rings. The summed E-state index contributed by atoms with van der Waals surface area (Å²) < 4.78 is 57.2. The van der Waals surface area contributed by atoms with Gasteiger partial charge in [-0.1, -0.05) is 24.3 Å². The molecule has 0 spiro atoms. The fourth-order valence-electron chi connectivity index (χ4n) is 8.51. The van der Waals surface area contributed by atoms with Gasteiger partial charge in [-0.25, -0.2) is 5.06 Å². The molecule has 18 heteroatoms. The van der Waals surface area contributed by atoms with Gasteiger partial charge in [0.1, 0.15) is 49.6 Å². The van der Waals surface area contributed by atoms with E-state index in [0.717, 1.165) is 109 Å². The normalized spacial score (nSPS) is 16.1. The van der Waals surface area contributed by atoms with Crippen LogP contribution in [0.4, 0.5) is 11.4 Å². The van der Waals surface area contributed by atoms with Crippen molar-refractivity contribution in [3.8, 4) is 45.6 Å². The Labute approximate surface area is 461 Å². The number of hydroxylamine groups is 2. The zero-order valence-corrected chi connectivity index (χ0v) is 47.1. The van der Waals surface area contributed by atoms with E-state index in [0.29, 0.717) is 58.3 Å². The standard InChI is InChI=1S/C28H30BrNO6.C18H26N2O4.C12H11BrO3/c1-32-24-15-20(16-25(33-2)26(24)29)22-9-10-23(36-22)27(31)28(35-17-18-3-4-18)19-5-7-21(8-6-19)30-11-13-34-14-12-30;1-19(22-2)18(21)17(24-13-14-3-4-14)15-5-7-16(8-6-15)20-9-11-23-12-10-20;1-14-10-6-8(9-4-3-5-16-9)7-11(15-2)12(10)13/h5-10,15-16,18,28H,3-4,11-14,17H2,1-2H3;5-8,14,17H,3-4,9-13H2,1-2H3;3-7H,1-2H3. The lowest BCUT2D eigenvalue weighted by atomic mass is 10.0. The van der Waals surface area contributed by atoms with Gasteiger partial charge in [0.05, 0.1) is 81.5 Å². The average Bonchev–Trinajstić information content (AvgIpc) is 4.37. The summed E-state index contributed by atoms with van der Waals surface area (Å²) in [5, 5.41) is 1.23. The number of carbonyl (C=O) groups is 2. The van der Waals surface area contributed by atoms with Gasteiger partial charge < -0.3 is 56.5 Å². The second-order valence-electron chi connectivity index (χ2n) is 18.6. The van der Waals surface area contributed by atoms with Gasteiger partial charge in [0.2, 0.25) is 5.78 Å². The van der Waals surface area contributed by atoms with Crippen LogP contribution >= 0.6 is 31.9 Å². The van der Waals surface area contributed by atoms with Gasteiger partial charge in [-0.05, 0) is 153 Å². The lowest BCUT2D eigenvalue weighted by Crippen LogP contribution is -2.36. The molecule has 2 aromatic heterocycles. The molecule has 0 N–H and O–H groups in total. The summed E-state index contributed by atoms with van der Waals surface area (Å²) in [6.45, 7) is 7.67. The van der Waals surface area contributed by atoms with E-state index in [2.05, 4.69) is 53.8 Å². The van der Waals surface area contributed by atoms with Crippen LogP contribution in [0.15, 0.2) is 121 Å². The van der Waals surface area contributed by atoms with Gasteiger partial charge >= 0.3 is 0 Å². The minimum Gasteiger partial charge on any atom is -0.495 e. The number of nitrogens with zero attached hydrogens (tertiary/aromatic N) is 3. The zero-order chi connectivity index (χ0) is 53.6. The number of Topliss-reactive ketones (excluding diaryl/α,β-unsaturated/α-hetero) is 1. The molecular formula is C58H67Br2N3O13. The van der Waals surface area contributed by atoms with Crippen molar-refractivity contribution >= 4 is 54.9 Å². The van der Waals surface area contributed by atoms with Crippen molar-refractivity contribution in [2.45, 2.75) is 37.9 Å². The van der Waals surface area contributed by atoms with E-state index in [4.69, 9.17) is 51.6 Å². The van der Waals surface area contributed by atoms with Crippen LogP contribution in [0.25, 0.3) is 22.6 Å². The maximum Gasteiger partial charge on any atom is 0.279 e. The Morgan fingerprint density at radius 2 is 1.03 bits per heavy atom.